The molecular formula is C27H32F2N2O. The first-order chi connectivity index (χ1) is 15.5. The minimum absolute atomic E-state index is 0.0993. The van der Waals surface area contributed by atoms with Gasteiger partial charge in [-0.05, 0) is 55.0 Å². The van der Waals surface area contributed by atoms with E-state index in [1.807, 2.05) is 13.0 Å². The summed E-state index contributed by atoms with van der Waals surface area (Å²) in [5.74, 6) is -0.0133. The quantitative estimate of drug-likeness (QED) is 0.663. The molecule has 0 amide bonds. The molecule has 0 radical (unpaired) electrons. The van der Waals surface area contributed by atoms with E-state index in [0.717, 1.165) is 44.2 Å². The Balaban J connectivity index is 1.44. The molecule has 3 nitrogen and oxygen atoms in total. The summed E-state index contributed by atoms with van der Waals surface area (Å²) in [6.45, 7) is 6.20. The Morgan fingerprint density at radius 1 is 1.00 bits per heavy atom. The summed E-state index contributed by atoms with van der Waals surface area (Å²) in [5.41, 5.74) is 1.30. The molecule has 0 N–H and O–H groups in total. The summed E-state index contributed by atoms with van der Waals surface area (Å²) in [6, 6.07) is 9.59. The topological polar surface area (TPSA) is 23.6 Å². The molecule has 1 heterocycles. The average Bonchev–Trinajstić information content (AvgIpc) is 3.09. The zero-order chi connectivity index (χ0) is 22.3. The number of aryl methyl sites for hydroxylation is 1. The van der Waals surface area contributed by atoms with Gasteiger partial charge in [0.15, 0.2) is 5.78 Å². The van der Waals surface area contributed by atoms with Crippen molar-refractivity contribution in [2.75, 3.05) is 32.7 Å². The Hall–Kier alpha value is -2.11. The van der Waals surface area contributed by atoms with Crippen molar-refractivity contribution in [3.05, 3.63) is 70.3 Å². The van der Waals surface area contributed by atoms with E-state index in [1.165, 1.54) is 50.3 Å². The molecule has 0 spiro atoms. The van der Waals surface area contributed by atoms with Crippen LogP contribution in [0.2, 0.25) is 0 Å². The highest BCUT2D eigenvalue weighted by Gasteiger charge is 2.52. The first kappa shape index (κ1) is 21.7. The first-order valence-electron chi connectivity index (χ1n) is 12.0. The minimum Gasteiger partial charge on any atom is -0.301 e. The van der Waals surface area contributed by atoms with Crippen LogP contribution in [-0.2, 0) is 12.0 Å². The highest BCUT2D eigenvalue weighted by atomic mass is 19.1. The summed E-state index contributed by atoms with van der Waals surface area (Å²) < 4.78 is 29.2. The predicted molar refractivity (Wildman–Crippen MR) is 122 cm³/mol. The maximum atomic E-state index is 14.7. The molecule has 2 aromatic carbocycles. The fourth-order valence-corrected chi connectivity index (χ4v) is 6.20. The largest absolute Gasteiger partial charge is 0.301 e. The number of piperazine rings is 1. The monoisotopic (exact) mass is 438 g/mol. The van der Waals surface area contributed by atoms with Gasteiger partial charge in [0.1, 0.15) is 17.2 Å². The van der Waals surface area contributed by atoms with Gasteiger partial charge in [-0.25, -0.2) is 8.78 Å². The van der Waals surface area contributed by atoms with Gasteiger partial charge in [0, 0.05) is 50.3 Å². The highest BCUT2D eigenvalue weighted by molar-refractivity contribution is 6.08. The molecule has 1 saturated heterocycles. The molecule has 170 valence electrons. The molecule has 32 heavy (non-hydrogen) atoms. The molecule has 2 fully saturated rings. The smallest absolute Gasteiger partial charge is 0.188 e. The zero-order valence-electron chi connectivity index (χ0n) is 18.9. The van der Waals surface area contributed by atoms with E-state index in [-0.39, 0.29) is 23.8 Å². The van der Waals surface area contributed by atoms with Crippen molar-refractivity contribution in [1.82, 2.24) is 9.80 Å². The summed E-state index contributed by atoms with van der Waals surface area (Å²) in [6.07, 6.45) is 6.94. The van der Waals surface area contributed by atoms with Gasteiger partial charge in [0.25, 0.3) is 0 Å². The second-order valence-electron chi connectivity index (χ2n) is 9.94. The van der Waals surface area contributed by atoms with Crippen LogP contribution in [-0.4, -0.2) is 48.3 Å². The van der Waals surface area contributed by atoms with Crippen molar-refractivity contribution in [1.29, 1.82) is 0 Å². The molecule has 5 rings (SSSR count). The Bertz CT molecular complexity index is 988. The second kappa shape index (κ2) is 8.68. The molecule has 1 aliphatic heterocycles. The predicted octanol–water partition coefficient (Wildman–Crippen LogP) is 5.11. The molecule has 1 saturated carbocycles. The van der Waals surface area contributed by atoms with E-state index < -0.39 is 5.54 Å². The van der Waals surface area contributed by atoms with Gasteiger partial charge in [-0.2, -0.15) is 0 Å². The van der Waals surface area contributed by atoms with Gasteiger partial charge in [-0.3, -0.25) is 9.69 Å². The van der Waals surface area contributed by atoms with Crippen LogP contribution >= 0.6 is 0 Å². The van der Waals surface area contributed by atoms with Crippen molar-refractivity contribution in [3.8, 4) is 0 Å². The van der Waals surface area contributed by atoms with E-state index in [9.17, 15) is 13.6 Å². The van der Waals surface area contributed by atoms with Crippen LogP contribution in [0.25, 0.3) is 0 Å². The maximum Gasteiger partial charge on any atom is 0.188 e. The van der Waals surface area contributed by atoms with Gasteiger partial charge in [-0.15, -0.1) is 0 Å². The van der Waals surface area contributed by atoms with Crippen molar-refractivity contribution in [2.45, 2.75) is 51.0 Å². The summed E-state index contributed by atoms with van der Waals surface area (Å²) in [7, 11) is 0. The van der Waals surface area contributed by atoms with Gasteiger partial charge in [-0.1, -0.05) is 37.5 Å². The third-order valence-corrected chi connectivity index (χ3v) is 7.84. The van der Waals surface area contributed by atoms with Crippen LogP contribution in [0.15, 0.2) is 36.4 Å². The molecule has 0 bridgehead atoms. The molecule has 5 heteroatoms. The molecule has 3 aliphatic rings. The Labute approximate surface area is 189 Å². The van der Waals surface area contributed by atoms with E-state index in [1.54, 1.807) is 12.1 Å². The zero-order valence-corrected chi connectivity index (χ0v) is 18.9. The number of benzene rings is 2. The number of fused-ring (bicyclic) bond motifs is 1. The van der Waals surface area contributed by atoms with Crippen molar-refractivity contribution >= 4 is 5.78 Å². The van der Waals surface area contributed by atoms with Crippen molar-refractivity contribution < 1.29 is 13.6 Å². The van der Waals surface area contributed by atoms with Crippen LogP contribution in [0, 0.1) is 24.5 Å². The average molecular weight is 439 g/mol. The lowest BCUT2D eigenvalue weighted by atomic mass is 9.82. The van der Waals surface area contributed by atoms with Crippen LogP contribution in [0.4, 0.5) is 8.78 Å². The molecule has 2 aromatic rings. The van der Waals surface area contributed by atoms with E-state index in [4.69, 9.17) is 0 Å². The molecule has 1 unspecified atom stereocenters. The normalized spacial score (nSPS) is 25.3. The molecular weight excluding hydrogens is 406 g/mol. The summed E-state index contributed by atoms with van der Waals surface area (Å²) >= 11 is 0. The lowest BCUT2D eigenvalue weighted by Crippen LogP contribution is -2.58. The number of hydrogen-bond donors (Lipinski definition) is 0. The summed E-state index contributed by atoms with van der Waals surface area (Å²) in [4.78, 5) is 18.6. The number of halogens is 2. The second-order valence-corrected chi connectivity index (χ2v) is 9.94. The van der Waals surface area contributed by atoms with Gasteiger partial charge in [0.2, 0.25) is 0 Å². The number of nitrogens with zero attached hydrogens (tertiary/aromatic N) is 2. The number of carbonyl (C=O) groups excluding carboxylic acids is 1. The Morgan fingerprint density at radius 3 is 2.44 bits per heavy atom. The standard InChI is InChI=1S/C27H32F2N2O/c1-19-14-21(16-22(28)15-19)27(17-24-23(26(27)32)8-5-9-25(24)29)31-12-10-30(11-13-31)18-20-6-3-2-4-7-20/h5,8-9,14-16,20H,2-4,6-7,10-13,17-18H2,1H3. The number of ketones is 1. The first-order valence-corrected chi connectivity index (χ1v) is 12.0. The SMILES string of the molecule is Cc1cc(F)cc(C2(N3CCN(CC4CCCCC4)CC3)Cc3c(F)cccc3C2=O)c1. The maximum absolute atomic E-state index is 14.7. The van der Waals surface area contributed by atoms with E-state index >= 15 is 0 Å². The minimum atomic E-state index is -1.03. The fourth-order valence-electron chi connectivity index (χ4n) is 6.20. The number of hydrogen-bond acceptors (Lipinski definition) is 3. The Morgan fingerprint density at radius 2 is 1.75 bits per heavy atom. The fraction of sp³-hybridized carbons (Fsp3) is 0.519. The molecule has 2 aliphatic carbocycles. The van der Waals surface area contributed by atoms with Gasteiger partial charge >= 0.3 is 0 Å². The van der Waals surface area contributed by atoms with Gasteiger partial charge < -0.3 is 4.90 Å². The lowest BCUT2D eigenvalue weighted by molar-refractivity contribution is 0.0256. The van der Waals surface area contributed by atoms with Crippen LogP contribution in [0.5, 0.6) is 0 Å². The Kier molecular flexibility index (Phi) is 5.89. The highest BCUT2D eigenvalue weighted by Crippen LogP contribution is 2.44. The van der Waals surface area contributed by atoms with Crippen LogP contribution in [0.3, 0.4) is 0 Å². The summed E-state index contributed by atoms with van der Waals surface area (Å²) in [5, 5.41) is 0. The van der Waals surface area contributed by atoms with Crippen LogP contribution in [0.1, 0.15) is 59.2 Å². The van der Waals surface area contributed by atoms with Gasteiger partial charge in [0.05, 0.1) is 0 Å². The number of carbonyl (C=O) groups is 1. The van der Waals surface area contributed by atoms with Crippen molar-refractivity contribution in [3.63, 3.8) is 0 Å². The number of Topliss-reactive ketones (excluding diaryl/α,β-unsaturated/α-hetero) is 1. The van der Waals surface area contributed by atoms with E-state index in [0.29, 0.717) is 16.7 Å². The third kappa shape index (κ3) is 3.80. The van der Waals surface area contributed by atoms with Crippen molar-refractivity contribution in [2.24, 2.45) is 5.92 Å². The lowest BCUT2D eigenvalue weighted by Gasteiger charge is -2.46. The molecule has 0 aromatic heterocycles. The third-order valence-electron chi connectivity index (χ3n) is 7.84. The molecule has 1 atom stereocenters. The van der Waals surface area contributed by atoms with Crippen LogP contribution < -0.4 is 0 Å². The van der Waals surface area contributed by atoms with E-state index in [2.05, 4.69) is 9.80 Å². The number of rotatable bonds is 4.